The molecule has 82 valence electrons. The van der Waals surface area contributed by atoms with Gasteiger partial charge in [0.25, 0.3) is 0 Å². The summed E-state index contributed by atoms with van der Waals surface area (Å²) in [6.45, 7) is 0.407. The maximum Gasteiger partial charge on any atom is 0.137 e. The average Bonchev–Trinajstić information content (AvgIpc) is 2.30. The Labute approximate surface area is 95.1 Å². The van der Waals surface area contributed by atoms with E-state index in [1.54, 1.807) is 6.20 Å². The van der Waals surface area contributed by atoms with Gasteiger partial charge in [0.2, 0.25) is 0 Å². The van der Waals surface area contributed by atoms with Gasteiger partial charge in [-0.05, 0) is 12.8 Å². The number of rotatable bonds is 2. The molecule has 1 aliphatic rings. The van der Waals surface area contributed by atoms with Gasteiger partial charge in [-0.25, -0.2) is 9.97 Å². The van der Waals surface area contributed by atoms with E-state index in [2.05, 4.69) is 9.97 Å². The van der Waals surface area contributed by atoms with Crippen LogP contribution < -0.4 is 5.73 Å². The molecule has 4 heteroatoms. The lowest BCUT2D eigenvalue weighted by Gasteiger charge is -2.20. The molecule has 2 N–H and O–H groups in total. The van der Waals surface area contributed by atoms with Gasteiger partial charge in [0.05, 0.1) is 0 Å². The van der Waals surface area contributed by atoms with E-state index in [0.717, 1.165) is 11.4 Å². The van der Waals surface area contributed by atoms with Gasteiger partial charge in [0, 0.05) is 24.2 Å². The molecule has 1 fully saturated rings. The number of nitrogens with two attached hydrogens (primary N) is 1. The molecule has 1 aromatic heterocycles. The van der Waals surface area contributed by atoms with Crippen LogP contribution in [0.5, 0.6) is 0 Å². The fourth-order valence-electron chi connectivity index (χ4n) is 2.09. The fraction of sp³-hybridized carbons (Fsp3) is 0.636. The number of nitrogens with zero attached hydrogens (tertiary/aromatic N) is 2. The van der Waals surface area contributed by atoms with E-state index in [1.807, 2.05) is 0 Å². The van der Waals surface area contributed by atoms with Gasteiger partial charge >= 0.3 is 0 Å². The zero-order valence-corrected chi connectivity index (χ0v) is 9.50. The van der Waals surface area contributed by atoms with Gasteiger partial charge in [-0.1, -0.05) is 30.9 Å². The molecular formula is C11H16ClN3. The number of halogens is 1. The topological polar surface area (TPSA) is 51.8 Å². The Balaban J connectivity index is 2.17. The zero-order chi connectivity index (χ0) is 10.7. The van der Waals surface area contributed by atoms with Crippen molar-refractivity contribution >= 4 is 11.6 Å². The average molecular weight is 226 g/mol. The van der Waals surface area contributed by atoms with Crippen molar-refractivity contribution in [1.29, 1.82) is 0 Å². The summed E-state index contributed by atoms with van der Waals surface area (Å²) in [5.74, 6) is 1.40. The summed E-state index contributed by atoms with van der Waals surface area (Å²) >= 11 is 6.02. The van der Waals surface area contributed by atoms with E-state index < -0.39 is 0 Å². The molecule has 1 aliphatic carbocycles. The first-order valence-electron chi connectivity index (χ1n) is 5.52. The van der Waals surface area contributed by atoms with E-state index in [4.69, 9.17) is 17.3 Å². The van der Waals surface area contributed by atoms with E-state index in [-0.39, 0.29) is 0 Å². The van der Waals surface area contributed by atoms with E-state index >= 15 is 0 Å². The third-order valence-corrected chi connectivity index (χ3v) is 3.35. The first-order valence-corrected chi connectivity index (χ1v) is 5.90. The van der Waals surface area contributed by atoms with Crippen molar-refractivity contribution in [3.8, 4) is 0 Å². The van der Waals surface area contributed by atoms with Gasteiger partial charge in [0.15, 0.2) is 0 Å². The summed E-state index contributed by atoms with van der Waals surface area (Å²) in [4.78, 5) is 8.70. The largest absolute Gasteiger partial charge is 0.326 e. The minimum absolute atomic E-state index is 0.407. The van der Waals surface area contributed by atoms with Crippen LogP contribution >= 0.6 is 11.6 Å². The van der Waals surface area contributed by atoms with Gasteiger partial charge < -0.3 is 5.73 Å². The third kappa shape index (κ3) is 2.47. The molecule has 1 saturated carbocycles. The fourth-order valence-corrected chi connectivity index (χ4v) is 2.31. The number of hydrogen-bond acceptors (Lipinski definition) is 3. The summed E-state index contributed by atoms with van der Waals surface area (Å²) in [5, 5.41) is 0.521. The van der Waals surface area contributed by atoms with Gasteiger partial charge in [-0.3, -0.25) is 0 Å². The van der Waals surface area contributed by atoms with E-state index in [1.165, 1.54) is 32.1 Å². The summed E-state index contributed by atoms with van der Waals surface area (Å²) in [7, 11) is 0. The van der Waals surface area contributed by atoms with E-state index in [9.17, 15) is 0 Å². The molecule has 1 heterocycles. The third-order valence-electron chi connectivity index (χ3n) is 3.02. The Morgan fingerprint density at radius 1 is 1.33 bits per heavy atom. The molecule has 0 atom stereocenters. The second kappa shape index (κ2) is 4.90. The minimum atomic E-state index is 0.407. The standard InChI is InChI=1S/C11H16ClN3/c12-10-9(6-13)7-14-11(15-10)8-4-2-1-3-5-8/h7-8H,1-6,13H2. The molecule has 0 radical (unpaired) electrons. The molecule has 0 amide bonds. The van der Waals surface area contributed by atoms with Crippen LogP contribution in [0.3, 0.4) is 0 Å². The lowest BCUT2D eigenvalue weighted by Crippen LogP contribution is -2.10. The van der Waals surface area contributed by atoms with Gasteiger partial charge in [0.1, 0.15) is 11.0 Å². The monoisotopic (exact) mass is 225 g/mol. The molecule has 3 nitrogen and oxygen atoms in total. The molecule has 0 aromatic carbocycles. The zero-order valence-electron chi connectivity index (χ0n) is 8.75. The molecule has 0 unspecified atom stereocenters. The quantitative estimate of drug-likeness (QED) is 0.788. The normalized spacial score (nSPS) is 18.0. The van der Waals surface area contributed by atoms with Crippen LogP contribution in [-0.4, -0.2) is 9.97 Å². The van der Waals surface area contributed by atoms with Crippen molar-refractivity contribution in [3.05, 3.63) is 22.7 Å². The van der Waals surface area contributed by atoms with Crippen molar-refractivity contribution in [3.63, 3.8) is 0 Å². The van der Waals surface area contributed by atoms with Gasteiger partial charge in [-0.2, -0.15) is 0 Å². The van der Waals surface area contributed by atoms with Crippen molar-refractivity contribution in [2.24, 2.45) is 5.73 Å². The second-order valence-electron chi connectivity index (χ2n) is 4.08. The number of hydrogen-bond donors (Lipinski definition) is 1. The maximum atomic E-state index is 6.02. The Hall–Kier alpha value is -0.670. The van der Waals surface area contributed by atoms with Crippen molar-refractivity contribution in [2.75, 3.05) is 0 Å². The minimum Gasteiger partial charge on any atom is -0.326 e. The first-order chi connectivity index (χ1) is 7.31. The van der Waals surface area contributed by atoms with Crippen LogP contribution in [-0.2, 0) is 6.54 Å². The molecule has 15 heavy (non-hydrogen) atoms. The number of aromatic nitrogens is 2. The highest BCUT2D eigenvalue weighted by Gasteiger charge is 2.18. The highest BCUT2D eigenvalue weighted by molar-refractivity contribution is 6.30. The van der Waals surface area contributed by atoms with Gasteiger partial charge in [-0.15, -0.1) is 0 Å². The second-order valence-corrected chi connectivity index (χ2v) is 4.44. The molecule has 1 aromatic rings. The lowest BCUT2D eigenvalue weighted by atomic mass is 9.89. The van der Waals surface area contributed by atoms with Crippen LogP contribution in [0.25, 0.3) is 0 Å². The lowest BCUT2D eigenvalue weighted by molar-refractivity contribution is 0.428. The first kappa shape index (κ1) is 10.8. The van der Waals surface area contributed by atoms with Crippen LogP contribution in [0.1, 0.15) is 49.4 Å². The Morgan fingerprint density at radius 2 is 2.07 bits per heavy atom. The molecule has 0 spiro atoms. The SMILES string of the molecule is NCc1cnc(C2CCCCC2)nc1Cl. The molecule has 2 rings (SSSR count). The van der Waals surface area contributed by atoms with Crippen molar-refractivity contribution in [1.82, 2.24) is 9.97 Å². The van der Waals surface area contributed by atoms with Crippen LogP contribution in [0.15, 0.2) is 6.20 Å². The summed E-state index contributed by atoms with van der Waals surface area (Å²) in [5.41, 5.74) is 6.34. The molecule has 0 aliphatic heterocycles. The molecular weight excluding hydrogens is 210 g/mol. The van der Waals surface area contributed by atoms with Crippen molar-refractivity contribution in [2.45, 2.75) is 44.6 Å². The Bertz CT molecular complexity index is 335. The highest BCUT2D eigenvalue weighted by atomic mass is 35.5. The molecule has 0 bridgehead atoms. The summed E-state index contributed by atoms with van der Waals surface area (Å²) in [6.07, 6.45) is 8.05. The smallest absolute Gasteiger partial charge is 0.137 e. The Morgan fingerprint density at radius 3 is 2.67 bits per heavy atom. The summed E-state index contributed by atoms with van der Waals surface area (Å²) < 4.78 is 0. The van der Waals surface area contributed by atoms with Crippen molar-refractivity contribution < 1.29 is 0 Å². The van der Waals surface area contributed by atoms with Crippen LogP contribution in [0.2, 0.25) is 5.15 Å². The molecule has 0 saturated heterocycles. The predicted octanol–water partition coefficient (Wildman–Crippen LogP) is 2.64. The Kier molecular flexibility index (Phi) is 3.54. The van der Waals surface area contributed by atoms with Crippen LogP contribution in [0, 0.1) is 0 Å². The van der Waals surface area contributed by atoms with E-state index in [0.29, 0.717) is 17.6 Å². The predicted molar refractivity (Wildman–Crippen MR) is 60.8 cm³/mol. The highest BCUT2D eigenvalue weighted by Crippen LogP contribution is 2.31. The maximum absolute atomic E-state index is 6.02. The summed E-state index contributed by atoms with van der Waals surface area (Å²) in [6, 6.07) is 0. The van der Waals surface area contributed by atoms with Crippen LogP contribution in [0.4, 0.5) is 0 Å².